The molecule has 2 unspecified atom stereocenters. The van der Waals surface area contributed by atoms with Crippen molar-refractivity contribution < 1.29 is 14.2 Å². The quantitative estimate of drug-likeness (QED) is 0.730. The molecule has 1 aromatic carbocycles. The Morgan fingerprint density at radius 1 is 1.28 bits per heavy atom. The number of thiazole rings is 1. The highest BCUT2D eigenvalue weighted by Gasteiger charge is 2.47. The van der Waals surface area contributed by atoms with Crippen LogP contribution in [0.2, 0.25) is 0 Å². The molecule has 0 N–H and O–H groups in total. The van der Waals surface area contributed by atoms with Gasteiger partial charge in [0.2, 0.25) is 0 Å². The molecule has 2 atom stereocenters. The number of nitriles is 1. The molecule has 3 heterocycles. The van der Waals surface area contributed by atoms with Crippen molar-refractivity contribution in [1.29, 1.82) is 5.26 Å². The molecule has 1 aromatic heterocycles. The fourth-order valence-corrected chi connectivity index (χ4v) is 5.36. The lowest BCUT2D eigenvalue weighted by atomic mass is 9.79. The Kier molecular flexibility index (Phi) is 6.04. The standard InChI is InChI=1S/C22H27N3O3S/c1-26-17-6-7-18(19(12-17)27-2)21-24-16(15-29-21)14-25-10-5-9-22(20(25)13-23)8-3-4-11-28-22/h6-7,12,15,20H,3-5,8-11,14H2,1-2H3. The van der Waals surface area contributed by atoms with Gasteiger partial charge in [0, 0.05) is 31.1 Å². The Labute approximate surface area is 176 Å². The van der Waals surface area contributed by atoms with Crippen molar-refractivity contribution in [1.82, 2.24) is 9.88 Å². The Morgan fingerprint density at radius 2 is 2.14 bits per heavy atom. The summed E-state index contributed by atoms with van der Waals surface area (Å²) in [4.78, 5) is 7.10. The second-order valence-electron chi connectivity index (χ2n) is 7.69. The molecule has 2 saturated heterocycles. The van der Waals surface area contributed by atoms with E-state index in [-0.39, 0.29) is 11.6 Å². The van der Waals surface area contributed by atoms with Gasteiger partial charge >= 0.3 is 0 Å². The number of piperidine rings is 1. The lowest BCUT2D eigenvalue weighted by Crippen LogP contribution is -2.58. The number of hydrogen-bond acceptors (Lipinski definition) is 7. The minimum absolute atomic E-state index is 0.211. The average Bonchev–Trinajstić information content (AvgIpc) is 3.22. The summed E-state index contributed by atoms with van der Waals surface area (Å²) in [5, 5.41) is 12.9. The smallest absolute Gasteiger partial charge is 0.132 e. The largest absolute Gasteiger partial charge is 0.497 e. The van der Waals surface area contributed by atoms with E-state index in [1.165, 1.54) is 0 Å². The molecule has 29 heavy (non-hydrogen) atoms. The Morgan fingerprint density at radius 3 is 2.86 bits per heavy atom. The van der Waals surface area contributed by atoms with E-state index >= 15 is 0 Å². The number of benzene rings is 1. The van der Waals surface area contributed by atoms with Gasteiger partial charge in [-0.3, -0.25) is 4.90 Å². The number of methoxy groups -OCH3 is 2. The summed E-state index contributed by atoms with van der Waals surface area (Å²) in [5.74, 6) is 1.50. The average molecular weight is 414 g/mol. The number of likely N-dealkylation sites (tertiary alicyclic amines) is 1. The SMILES string of the molecule is COc1ccc(-c2nc(CN3CCCC4(CCCCO4)C3C#N)cs2)c(OC)c1. The van der Waals surface area contributed by atoms with Crippen LogP contribution in [-0.2, 0) is 11.3 Å². The summed E-state index contributed by atoms with van der Waals surface area (Å²) >= 11 is 1.60. The highest BCUT2D eigenvalue weighted by atomic mass is 32.1. The van der Waals surface area contributed by atoms with Gasteiger partial charge in [0.05, 0.1) is 37.1 Å². The van der Waals surface area contributed by atoms with Gasteiger partial charge < -0.3 is 14.2 Å². The van der Waals surface area contributed by atoms with E-state index in [1.54, 1.807) is 25.6 Å². The van der Waals surface area contributed by atoms with E-state index in [2.05, 4.69) is 16.3 Å². The zero-order valence-electron chi connectivity index (χ0n) is 17.0. The Bertz CT molecular complexity index is 880. The lowest BCUT2D eigenvalue weighted by molar-refractivity contribution is -0.138. The van der Waals surface area contributed by atoms with Crippen LogP contribution in [0.5, 0.6) is 11.5 Å². The molecule has 0 bridgehead atoms. The molecule has 0 saturated carbocycles. The van der Waals surface area contributed by atoms with Crippen LogP contribution < -0.4 is 9.47 Å². The van der Waals surface area contributed by atoms with E-state index in [4.69, 9.17) is 19.2 Å². The number of rotatable bonds is 5. The van der Waals surface area contributed by atoms with Crippen molar-refractivity contribution in [3.05, 3.63) is 29.3 Å². The fraction of sp³-hybridized carbons (Fsp3) is 0.545. The highest BCUT2D eigenvalue weighted by Crippen LogP contribution is 2.39. The van der Waals surface area contributed by atoms with E-state index < -0.39 is 0 Å². The summed E-state index contributed by atoms with van der Waals surface area (Å²) in [6.07, 6.45) is 5.25. The number of nitrogens with zero attached hydrogens (tertiary/aromatic N) is 3. The number of ether oxygens (including phenoxy) is 3. The van der Waals surface area contributed by atoms with Crippen molar-refractivity contribution >= 4 is 11.3 Å². The third kappa shape index (κ3) is 3.97. The lowest BCUT2D eigenvalue weighted by Gasteiger charge is -2.48. The van der Waals surface area contributed by atoms with Gasteiger partial charge in [0.15, 0.2) is 0 Å². The van der Waals surface area contributed by atoms with Gasteiger partial charge in [-0.1, -0.05) is 0 Å². The molecule has 2 aliphatic rings. The Balaban J connectivity index is 1.54. The van der Waals surface area contributed by atoms with Crippen LogP contribution in [0.15, 0.2) is 23.6 Å². The molecule has 2 aliphatic heterocycles. The van der Waals surface area contributed by atoms with E-state index in [1.807, 2.05) is 18.2 Å². The highest BCUT2D eigenvalue weighted by molar-refractivity contribution is 7.13. The van der Waals surface area contributed by atoms with Crippen molar-refractivity contribution in [3.8, 4) is 28.1 Å². The first-order chi connectivity index (χ1) is 14.2. The van der Waals surface area contributed by atoms with Crippen LogP contribution in [0, 0.1) is 11.3 Å². The monoisotopic (exact) mass is 413 g/mol. The van der Waals surface area contributed by atoms with Gasteiger partial charge in [0.25, 0.3) is 0 Å². The van der Waals surface area contributed by atoms with Crippen molar-refractivity contribution in [2.45, 2.75) is 50.3 Å². The summed E-state index contributed by atoms with van der Waals surface area (Å²) in [6, 6.07) is 8.10. The maximum absolute atomic E-state index is 9.94. The minimum Gasteiger partial charge on any atom is -0.497 e. The summed E-state index contributed by atoms with van der Waals surface area (Å²) in [5.41, 5.74) is 1.63. The molecule has 1 spiro atoms. The summed E-state index contributed by atoms with van der Waals surface area (Å²) in [7, 11) is 3.30. The molecule has 154 valence electrons. The summed E-state index contributed by atoms with van der Waals surface area (Å²) < 4.78 is 17.0. The van der Waals surface area contributed by atoms with E-state index in [0.717, 1.165) is 73.0 Å². The maximum Gasteiger partial charge on any atom is 0.132 e. The number of aromatic nitrogens is 1. The van der Waals surface area contributed by atoms with Crippen LogP contribution in [0.25, 0.3) is 10.6 Å². The summed E-state index contributed by atoms with van der Waals surface area (Å²) in [6.45, 7) is 2.34. The first-order valence-corrected chi connectivity index (χ1v) is 11.0. The van der Waals surface area contributed by atoms with Crippen molar-refractivity contribution in [2.75, 3.05) is 27.4 Å². The molecular formula is C22H27N3O3S. The van der Waals surface area contributed by atoms with Crippen LogP contribution in [0.3, 0.4) is 0 Å². The third-order valence-electron chi connectivity index (χ3n) is 5.97. The molecule has 0 amide bonds. The first-order valence-electron chi connectivity index (χ1n) is 10.1. The zero-order valence-corrected chi connectivity index (χ0v) is 17.8. The van der Waals surface area contributed by atoms with Crippen LogP contribution in [0.4, 0.5) is 0 Å². The molecule has 7 heteroatoms. The predicted molar refractivity (Wildman–Crippen MR) is 112 cm³/mol. The van der Waals surface area contributed by atoms with Crippen LogP contribution in [0.1, 0.15) is 37.8 Å². The van der Waals surface area contributed by atoms with Gasteiger partial charge in [-0.25, -0.2) is 4.98 Å². The second kappa shape index (κ2) is 8.70. The van der Waals surface area contributed by atoms with Crippen LogP contribution >= 0.6 is 11.3 Å². The van der Waals surface area contributed by atoms with Gasteiger partial charge in [-0.15, -0.1) is 11.3 Å². The predicted octanol–water partition coefficient (Wildman–Crippen LogP) is 4.25. The zero-order chi connectivity index (χ0) is 20.3. The van der Waals surface area contributed by atoms with Gasteiger partial charge in [-0.2, -0.15) is 5.26 Å². The number of hydrogen-bond donors (Lipinski definition) is 0. The normalized spacial score (nSPS) is 24.9. The molecule has 2 aromatic rings. The Hall–Kier alpha value is -2.14. The van der Waals surface area contributed by atoms with Crippen molar-refractivity contribution in [2.24, 2.45) is 0 Å². The maximum atomic E-state index is 9.94. The second-order valence-corrected chi connectivity index (χ2v) is 8.54. The van der Waals surface area contributed by atoms with Gasteiger partial charge in [0.1, 0.15) is 22.5 Å². The fourth-order valence-electron chi connectivity index (χ4n) is 4.52. The molecule has 2 fully saturated rings. The molecule has 6 nitrogen and oxygen atoms in total. The van der Waals surface area contributed by atoms with Gasteiger partial charge in [-0.05, 0) is 44.2 Å². The molecular weight excluding hydrogens is 386 g/mol. The first kappa shape index (κ1) is 20.1. The minimum atomic E-state index is -0.302. The van der Waals surface area contributed by atoms with Crippen molar-refractivity contribution in [3.63, 3.8) is 0 Å². The molecule has 0 radical (unpaired) electrons. The van der Waals surface area contributed by atoms with Crippen LogP contribution in [-0.4, -0.2) is 48.9 Å². The third-order valence-corrected chi connectivity index (χ3v) is 6.90. The molecule has 4 rings (SSSR count). The topological polar surface area (TPSA) is 67.6 Å². The van der Waals surface area contributed by atoms with E-state index in [0.29, 0.717) is 6.54 Å². The molecule has 0 aliphatic carbocycles. The van der Waals surface area contributed by atoms with E-state index in [9.17, 15) is 5.26 Å².